The number of nitrogens with zero attached hydrogens (tertiary/aromatic N) is 1. The van der Waals surface area contributed by atoms with E-state index >= 15 is 0 Å². The van der Waals surface area contributed by atoms with E-state index in [4.69, 9.17) is 0 Å². The SMILES string of the molecule is Fc1nc2ccccc2cc1-c1ccccc1. The normalized spacial score (nSPS) is 10.6. The average molecular weight is 223 g/mol. The number of benzene rings is 2. The summed E-state index contributed by atoms with van der Waals surface area (Å²) in [6.07, 6.45) is 0. The second-order valence-corrected chi connectivity index (χ2v) is 3.89. The molecule has 0 saturated carbocycles. The molecule has 0 aliphatic heterocycles. The van der Waals surface area contributed by atoms with Gasteiger partial charge in [-0.15, -0.1) is 0 Å². The molecule has 3 rings (SSSR count). The summed E-state index contributed by atoms with van der Waals surface area (Å²) in [5, 5.41) is 0.952. The van der Waals surface area contributed by atoms with Crippen LogP contribution in [0.2, 0.25) is 0 Å². The van der Waals surface area contributed by atoms with Crippen LogP contribution in [-0.2, 0) is 0 Å². The quantitative estimate of drug-likeness (QED) is 0.567. The molecular weight excluding hydrogens is 213 g/mol. The molecule has 0 bridgehead atoms. The average Bonchev–Trinajstić information content (AvgIpc) is 2.39. The zero-order valence-corrected chi connectivity index (χ0v) is 9.10. The predicted molar refractivity (Wildman–Crippen MR) is 67.1 cm³/mol. The van der Waals surface area contributed by atoms with Gasteiger partial charge in [-0.1, -0.05) is 48.5 Å². The van der Waals surface area contributed by atoms with Crippen LogP contribution in [-0.4, -0.2) is 4.98 Å². The van der Waals surface area contributed by atoms with E-state index < -0.39 is 5.95 Å². The molecule has 2 aromatic carbocycles. The lowest BCUT2D eigenvalue weighted by molar-refractivity contribution is 0.593. The van der Waals surface area contributed by atoms with E-state index in [1.165, 1.54) is 0 Å². The summed E-state index contributed by atoms with van der Waals surface area (Å²) in [5.41, 5.74) is 2.08. The van der Waals surface area contributed by atoms with Crippen molar-refractivity contribution in [3.63, 3.8) is 0 Å². The number of rotatable bonds is 1. The first-order valence-electron chi connectivity index (χ1n) is 5.45. The van der Waals surface area contributed by atoms with E-state index in [2.05, 4.69) is 4.98 Å². The lowest BCUT2D eigenvalue weighted by Crippen LogP contribution is -1.90. The van der Waals surface area contributed by atoms with Gasteiger partial charge in [-0.2, -0.15) is 4.39 Å². The standard InChI is InChI=1S/C15H10FN/c16-15-13(11-6-2-1-3-7-11)10-12-8-4-5-9-14(12)17-15/h1-10H. The van der Waals surface area contributed by atoms with Gasteiger partial charge in [0.15, 0.2) is 0 Å². The van der Waals surface area contributed by atoms with Crippen LogP contribution in [0.5, 0.6) is 0 Å². The Kier molecular flexibility index (Phi) is 2.33. The smallest absolute Gasteiger partial charge is 0.219 e. The van der Waals surface area contributed by atoms with Crippen molar-refractivity contribution in [2.45, 2.75) is 0 Å². The summed E-state index contributed by atoms with van der Waals surface area (Å²) in [4.78, 5) is 3.99. The van der Waals surface area contributed by atoms with Crippen molar-refractivity contribution < 1.29 is 4.39 Å². The molecule has 3 aromatic rings. The molecule has 17 heavy (non-hydrogen) atoms. The van der Waals surface area contributed by atoms with Crippen LogP contribution < -0.4 is 0 Å². The van der Waals surface area contributed by atoms with Gasteiger partial charge in [0, 0.05) is 10.9 Å². The number of hydrogen-bond donors (Lipinski definition) is 0. The third kappa shape index (κ3) is 1.78. The monoisotopic (exact) mass is 223 g/mol. The first-order valence-corrected chi connectivity index (χ1v) is 5.45. The van der Waals surface area contributed by atoms with Crippen LogP contribution in [0.15, 0.2) is 60.7 Å². The molecule has 1 aromatic heterocycles. The Balaban J connectivity index is 2.27. The summed E-state index contributed by atoms with van der Waals surface area (Å²) < 4.78 is 13.9. The minimum absolute atomic E-state index is 0.421. The largest absolute Gasteiger partial charge is 0.221 e. The first kappa shape index (κ1) is 9.97. The van der Waals surface area contributed by atoms with Gasteiger partial charge in [-0.3, -0.25) is 0 Å². The van der Waals surface area contributed by atoms with E-state index in [0.717, 1.165) is 10.9 Å². The number of aromatic nitrogens is 1. The molecule has 0 atom stereocenters. The predicted octanol–water partition coefficient (Wildman–Crippen LogP) is 4.04. The highest BCUT2D eigenvalue weighted by molar-refractivity contribution is 5.83. The van der Waals surface area contributed by atoms with Gasteiger partial charge in [0.05, 0.1) is 5.52 Å². The lowest BCUT2D eigenvalue weighted by atomic mass is 10.1. The number of para-hydroxylation sites is 1. The van der Waals surface area contributed by atoms with Crippen molar-refractivity contribution in [2.24, 2.45) is 0 Å². The van der Waals surface area contributed by atoms with E-state index in [0.29, 0.717) is 11.1 Å². The van der Waals surface area contributed by atoms with Gasteiger partial charge < -0.3 is 0 Å². The Bertz CT molecular complexity index is 662. The Morgan fingerprint density at radius 3 is 2.35 bits per heavy atom. The maximum absolute atomic E-state index is 13.9. The van der Waals surface area contributed by atoms with Crippen LogP contribution >= 0.6 is 0 Å². The fourth-order valence-electron chi connectivity index (χ4n) is 1.91. The van der Waals surface area contributed by atoms with Crippen LogP contribution in [0, 0.1) is 5.95 Å². The first-order chi connectivity index (χ1) is 8.34. The Morgan fingerprint density at radius 2 is 1.53 bits per heavy atom. The fourth-order valence-corrected chi connectivity index (χ4v) is 1.91. The Morgan fingerprint density at radius 1 is 0.824 bits per heavy atom. The minimum atomic E-state index is -0.421. The molecule has 1 heterocycles. The number of halogens is 1. The number of hydrogen-bond acceptors (Lipinski definition) is 1. The number of pyridine rings is 1. The van der Waals surface area contributed by atoms with Gasteiger partial charge in [0.2, 0.25) is 5.95 Å². The molecule has 82 valence electrons. The highest BCUT2D eigenvalue weighted by Crippen LogP contribution is 2.25. The van der Waals surface area contributed by atoms with Crippen LogP contribution in [0.25, 0.3) is 22.0 Å². The van der Waals surface area contributed by atoms with Gasteiger partial charge in [0.1, 0.15) is 0 Å². The third-order valence-corrected chi connectivity index (χ3v) is 2.76. The van der Waals surface area contributed by atoms with Crippen LogP contribution in [0.3, 0.4) is 0 Å². The van der Waals surface area contributed by atoms with E-state index in [9.17, 15) is 4.39 Å². The van der Waals surface area contributed by atoms with Gasteiger partial charge in [-0.05, 0) is 17.7 Å². The Labute approximate surface area is 98.6 Å². The number of fused-ring (bicyclic) bond motifs is 1. The molecule has 0 N–H and O–H groups in total. The second-order valence-electron chi connectivity index (χ2n) is 3.89. The third-order valence-electron chi connectivity index (χ3n) is 2.76. The van der Waals surface area contributed by atoms with Gasteiger partial charge >= 0.3 is 0 Å². The zero-order valence-electron chi connectivity index (χ0n) is 9.10. The summed E-state index contributed by atoms with van der Waals surface area (Å²) >= 11 is 0. The molecule has 0 unspecified atom stereocenters. The van der Waals surface area contributed by atoms with Crippen molar-refractivity contribution in [3.8, 4) is 11.1 Å². The van der Waals surface area contributed by atoms with Crippen molar-refractivity contribution in [2.75, 3.05) is 0 Å². The summed E-state index contributed by atoms with van der Waals surface area (Å²) in [5.74, 6) is -0.421. The van der Waals surface area contributed by atoms with Crippen molar-refractivity contribution in [1.29, 1.82) is 0 Å². The van der Waals surface area contributed by atoms with Crippen LogP contribution in [0.1, 0.15) is 0 Å². The van der Waals surface area contributed by atoms with Crippen molar-refractivity contribution >= 4 is 10.9 Å². The maximum atomic E-state index is 13.9. The minimum Gasteiger partial charge on any atom is -0.219 e. The second kappa shape index (κ2) is 3.98. The molecule has 1 nitrogen and oxygen atoms in total. The molecule has 0 radical (unpaired) electrons. The topological polar surface area (TPSA) is 12.9 Å². The molecule has 0 spiro atoms. The fraction of sp³-hybridized carbons (Fsp3) is 0. The molecule has 2 heteroatoms. The van der Waals surface area contributed by atoms with E-state index in [-0.39, 0.29) is 0 Å². The van der Waals surface area contributed by atoms with Crippen molar-refractivity contribution in [1.82, 2.24) is 4.98 Å². The van der Waals surface area contributed by atoms with Gasteiger partial charge in [0.25, 0.3) is 0 Å². The molecule has 0 aliphatic rings. The highest BCUT2D eigenvalue weighted by atomic mass is 19.1. The molecule has 0 aliphatic carbocycles. The summed E-state index contributed by atoms with van der Waals surface area (Å²) in [6, 6.07) is 18.8. The van der Waals surface area contributed by atoms with Crippen LogP contribution in [0.4, 0.5) is 4.39 Å². The van der Waals surface area contributed by atoms with Crippen molar-refractivity contribution in [3.05, 3.63) is 66.6 Å². The van der Waals surface area contributed by atoms with E-state index in [1.54, 1.807) is 0 Å². The highest BCUT2D eigenvalue weighted by Gasteiger charge is 2.07. The van der Waals surface area contributed by atoms with Gasteiger partial charge in [-0.25, -0.2) is 4.98 Å². The lowest BCUT2D eigenvalue weighted by Gasteiger charge is -2.04. The Hall–Kier alpha value is -2.22. The summed E-state index contributed by atoms with van der Waals surface area (Å²) in [6.45, 7) is 0. The summed E-state index contributed by atoms with van der Waals surface area (Å²) in [7, 11) is 0. The molecule has 0 fully saturated rings. The zero-order chi connectivity index (χ0) is 11.7. The van der Waals surface area contributed by atoms with E-state index in [1.807, 2.05) is 60.7 Å². The molecule has 0 saturated heterocycles. The molecule has 0 amide bonds. The molecular formula is C15H10FN. The maximum Gasteiger partial charge on any atom is 0.221 e.